The van der Waals surface area contributed by atoms with Gasteiger partial charge in [-0.15, -0.1) is 0 Å². The summed E-state index contributed by atoms with van der Waals surface area (Å²) >= 11 is 0. The van der Waals surface area contributed by atoms with Crippen molar-refractivity contribution in [3.8, 4) is 5.75 Å². The fraction of sp³-hybridized carbons (Fsp3) is 0.562. The average molecular weight is 309 g/mol. The van der Waals surface area contributed by atoms with Gasteiger partial charge in [0.2, 0.25) is 5.91 Å². The third-order valence-electron chi connectivity index (χ3n) is 3.23. The van der Waals surface area contributed by atoms with Crippen molar-refractivity contribution in [2.24, 2.45) is 5.73 Å². The van der Waals surface area contributed by atoms with Crippen molar-refractivity contribution in [3.63, 3.8) is 0 Å². The lowest BCUT2D eigenvalue weighted by Crippen LogP contribution is -2.31. The molecule has 1 aromatic rings. The van der Waals surface area contributed by atoms with Crippen LogP contribution in [0, 0.1) is 0 Å². The first kappa shape index (κ1) is 18.4. The number of benzene rings is 1. The number of methoxy groups -OCH3 is 1. The summed E-state index contributed by atoms with van der Waals surface area (Å²) in [6.07, 6.45) is 0.0473. The fourth-order valence-corrected chi connectivity index (χ4v) is 1.79. The van der Waals surface area contributed by atoms with Gasteiger partial charge in [-0.2, -0.15) is 0 Å². The molecule has 6 heteroatoms. The predicted octanol–water partition coefficient (Wildman–Crippen LogP) is 0.607. The molecule has 0 saturated carbocycles. The largest absolute Gasteiger partial charge is 0.492 e. The van der Waals surface area contributed by atoms with Crippen molar-refractivity contribution in [3.05, 3.63) is 29.8 Å². The highest BCUT2D eigenvalue weighted by molar-refractivity contribution is 5.76. The van der Waals surface area contributed by atoms with Crippen LogP contribution in [-0.2, 0) is 16.1 Å². The van der Waals surface area contributed by atoms with E-state index in [0.29, 0.717) is 19.7 Å². The van der Waals surface area contributed by atoms with E-state index in [1.165, 1.54) is 0 Å². The Hall–Kier alpha value is -1.63. The summed E-state index contributed by atoms with van der Waals surface area (Å²) in [4.78, 5) is 13.8. The standard InChI is InChI=1S/C16H27N3O3/c1-19(2)8-9-22-14-6-4-13(5-7-14)12-18-16(20)10-15(11-17)21-3/h4-7,15H,8-12,17H2,1-3H3,(H,18,20). The Balaban J connectivity index is 2.33. The number of hydrogen-bond donors (Lipinski definition) is 2. The monoisotopic (exact) mass is 309 g/mol. The van der Waals surface area contributed by atoms with Crippen molar-refractivity contribution in [1.82, 2.24) is 10.2 Å². The number of carbonyl (C=O) groups is 1. The minimum atomic E-state index is -0.229. The van der Waals surface area contributed by atoms with Crippen molar-refractivity contribution in [1.29, 1.82) is 0 Å². The summed E-state index contributed by atoms with van der Waals surface area (Å²) in [6, 6.07) is 7.72. The summed E-state index contributed by atoms with van der Waals surface area (Å²) in [5.74, 6) is 0.767. The van der Waals surface area contributed by atoms with E-state index < -0.39 is 0 Å². The predicted molar refractivity (Wildman–Crippen MR) is 86.8 cm³/mol. The van der Waals surface area contributed by atoms with Crippen LogP contribution in [0.2, 0.25) is 0 Å². The maximum absolute atomic E-state index is 11.7. The molecule has 124 valence electrons. The van der Waals surface area contributed by atoms with Gasteiger partial charge in [0, 0.05) is 26.7 Å². The Morgan fingerprint density at radius 3 is 2.55 bits per heavy atom. The van der Waals surface area contributed by atoms with E-state index in [0.717, 1.165) is 17.9 Å². The fourth-order valence-electron chi connectivity index (χ4n) is 1.79. The second kappa shape index (κ2) is 10.2. The number of carbonyl (C=O) groups excluding carboxylic acids is 1. The molecule has 0 bridgehead atoms. The van der Waals surface area contributed by atoms with Gasteiger partial charge in [0.25, 0.3) is 0 Å². The lowest BCUT2D eigenvalue weighted by Gasteiger charge is -2.13. The molecule has 6 nitrogen and oxygen atoms in total. The van der Waals surface area contributed by atoms with Crippen LogP contribution in [0.1, 0.15) is 12.0 Å². The number of ether oxygens (including phenoxy) is 2. The number of amides is 1. The lowest BCUT2D eigenvalue weighted by atomic mass is 10.2. The highest BCUT2D eigenvalue weighted by Gasteiger charge is 2.10. The normalized spacial score (nSPS) is 12.2. The van der Waals surface area contributed by atoms with E-state index in [9.17, 15) is 4.79 Å². The summed E-state index contributed by atoms with van der Waals surface area (Å²) in [7, 11) is 5.57. The van der Waals surface area contributed by atoms with Crippen LogP contribution < -0.4 is 15.8 Å². The topological polar surface area (TPSA) is 76.8 Å². The Morgan fingerprint density at radius 1 is 1.32 bits per heavy atom. The maximum Gasteiger partial charge on any atom is 0.222 e. The summed E-state index contributed by atoms with van der Waals surface area (Å²) in [6.45, 7) is 2.35. The molecule has 0 aliphatic rings. The molecule has 1 atom stereocenters. The van der Waals surface area contributed by atoms with E-state index in [4.69, 9.17) is 15.2 Å². The van der Waals surface area contributed by atoms with Gasteiger partial charge < -0.3 is 25.4 Å². The maximum atomic E-state index is 11.7. The minimum Gasteiger partial charge on any atom is -0.492 e. The van der Waals surface area contributed by atoms with Gasteiger partial charge in [0.1, 0.15) is 12.4 Å². The molecule has 0 heterocycles. The van der Waals surface area contributed by atoms with Crippen LogP contribution in [0.15, 0.2) is 24.3 Å². The summed E-state index contributed by atoms with van der Waals surface area (Å²) in [5.41, 5.74) is 6.52. The van der Waals surface area contributed by atoms with E-state index in [-0.39, 0.29) is 18.4 Å². The van der Waals surface area contributed by atoms with Gasteiger partial charge in [0.15, 0.2) is 0 Å². The Bertz CT molecular complexity index is 431. The molecular formula is C16H27N3O3. The summed E-state index contributed by atoms with van der Waals surface area (Å²) in [5, 5.41) is 2.85. The average Bonchev–Trinajstić information content (AvgIpc) is 2.51. The van der Waals surface area contributed by atoms with Crippen LogP contribution >= 0.6 is 0 Å². The third kappa shape index (κ3) is 7.40. The molecule has 22 heavy (non-hydrogen) atoms. The molecule has 0 aromatic heterocycles. The molecule has 0 aliphatic carbocycles. The second-order valence-corrected chi connectivity index (χ2v) is 5.37. The van der Waals surface area contributed by atoms with Gasteiger partial charge in [-0.3, -0.25) is 4.79 Å². The van der Waals surface area contributed by atoms with Gasteiger partial charge in [0.05, 0.1) is 12.5 Å². The molecular weight excluding hydrogens is 282 g/mol. The molecule has 0 spiro atoms. The molecule has 1 unspecified atom stereocenters. The van der Waals surface area contributed by atoms with Crippen molar-refractivity contribution in [2.45, 2.75) is 19.1 Å². The zero-order valence-electron chi connectivity index (χ0n) is 13.7. The first-order valence-electron chi connectivity index (χ1n) is 7.41. The molecule has 0 aliphatic heterocycles. The van der Waals surface area contributed by atoms with Gasteiger partial charge in [-0.25, -0.2) is 0 Å². The van der Waals surface area contributed by atoms with Crippen molar-refractivity contribution in [2.75, 3.05) is 40.9 Å². The lowest BCUT2D eigenvalue weighted by molar-refractivity contribution is -0.123. The Labute approximate surface area is 132 Å². The first-order valence-corrected chi connectivity index (χ1v) is 7.41. The van der Waals surface area contributed by atoms with Crippen LogP contribution in [0.3, 0.4) is 0 Å². The van der Waals surface area contributed by atoms with E-state index in [1.54, 1.807) is 7.11 Å². The number of nitrogens with two attached hydrogens (primary N) is 1. The molecule has 0 saturated heterocycles. The first-order chi connectivity index (χ1) is 10.5. The number of hydrogen-bond acceptors (Lipinski definition) is 5. The van der Waals surface area contributed by atoms with Crippen LogP contribution in [0.5, 0.6) is 5.75 Å². The highest BCUT2D eigenvalue weighted by atomic mass is 16.5. The van der Waals surface area contributed by atoms with Gasteiger partial charge in [-0.05, 0) is 31.8 Å². The smallest absolute Gasteiger partial charge is 0.222 e. The number of likely N-dealkylation sites (N-methyl/N-ethyl adjacent to an activating group) is 1. The molecule has 1 aromatic carbocycles. The molecule has 1 amide bonds. The van der Waals surface area contributed by atoms with E-state index >= 15 is 0 Å². The minimum absolute atomic E-state index is 0.0661. The molecule has 1 rings (SSSR count). The Morgan fingerprint density at radius 2 is 2.00 bits per heavy atom. The van der Waals surface area contributed by atoms with Crippen LogP contribution in [0.25, 0.3) is 0 Å². The third-order valence-corrected chi connectivity index (χ3v) is 3.23. The van der Waals surface area contributed by atoms with E-state index in [1.807, 2.05) is 38.4 Å². The summed E-state index contributed by atoms with van der Waals surface area (Å²) < 4.78 is 10.7. The number of rotatable bonds is 10. The van der Waals surface area contributed by atoms with E-state index in [2.05, 4.69) is 10.2 Å². The second-order valence-electron chi connectivity index (χ2n) is 5.37. The van der Waals surface area contributed by atoms with Crippen LogP contribution in [-0.4, -0.2) is 57.8 Å². The van der Waals surface area contributed by atoms with Crippen LogP contribution in [0.4, 0.5) is 0 Å². The van der Waals surface area contributed by atoms with Crippen molar-refractivity contribution >= 4 is 5.91 Å². The molecule has 0 radical (unpaired) electrons. The quantitative estimate of drug-likeness (QED) is 0.662. The molecule has 0 fully saturated rings. The van der Waals surface area contributed by atoms with Crippen molar-refractivity contribution < 1.29 is 14.3 Å². The SMILES string of the molecule is COC(CN)CC(=O)NCc1ccc(OCCN(C)C)cc1. The Kier molecular flexibility index (Phi) is 8.50. The van der Waals surface area contributed by atoms with Gasteiger partial charge >= 0.3 is 0 Å². The van der Waals surface area contributed by atoms with Gasteiger partial charge in [-0.1, -0.05) is 12.1 Å². The zero-order chi connectivity index (χ0) is 16.4. The number of nitrogens with zero attached hydrogens (tertiary/aromatic N) is 1. The number of nitrogens with one attached hydrogen (secondary N) is 1. The molecule has 3 N–H and O–H groups in total. The highest BCUT2D eigenvalue weighted by Crippen LogP contribution is 2.12. The zero-order valence-corrected chi connectivity index (χ0v) is 13.7.